The van der Waals surface area contributed by atoms with Crippen molar-refractivity contribution in [2.45, 2.75) is 66.0 Å². The molecule has 0 saturated carbocycles. The van der Waals surface area contributed by atoms with Crippen LogP contribution in [0.5, 0.6) is 0 Å². The molecular weight excluding hydrogens is 302 g/mol. The predicted molar refractivity (Wildman–Crippen MR) is 96.9 cm³/mol. The van der Waals surface area contributed by atoms with E-state index in [0.29, 0.717) is 18.2 Å². The van der Waals surface area contributed by atoms with Gasteiger partial charge < -0.3 is 15.0 Å². The number of aromatic nitrogens is 2. The van der Waals surface area contributed by atoms with Crippen molar-refractivity contribution in [2.24, 2.45) is 5.92 Å². The lowest BCUT2D eigenvalue weighted by molar-refractivity contribution is 0.00591. The lowest BCUT2D eigenvalue weighted by Crippen LogP contribution is -2.26. The molecular formula is C19H29N3O2. The van der Waals surface area contributed by atoms with E-state index in [9.17, 15) is 4.79 Å². The molecule has 24 heavy (non-hydrogen) atoms. The van der Waals surface area contributed by atoms with E-state index in [2.05, 4.69) is 30.1 Å². The standard InChI is InChI=1S/C19H29N3O2/c1-12(2)17-21-16(20)15(18(23)24-19(4,5)6)22(17)11-14-9-7-13(3)8-10-14/h7,9-10,12-13H,8,11,20H2,1-6H3. The fourth-order valence-corrected chi connectivity index (χ4v) is 2.70. The summed E-state index contributed by atoms with van der Waals surface area (Å²) in [6.45, 7) is 12.4. The van der Waals surface area contributed by atoms with Crippen LogP contribution in [0.25, 0.3) is 0 Å². The van der Waals surface area contributed by atoms with E-state index in [1.807, 2.05) is 39.2 Å². The molecule has 132 valence electrons. The number of hydrogen-bond acceptors (Lipinski definition) is 4. The maximum Gasteiger partial charge on any atom is 0.359 e. The molecule has 1 aliphatic rings. The van der Waals surface area contributed by atoms with Gasteiger partial charge in [0.1, 0.15) is 11.4 Å². The summed E-state index contributed by atoms with van der Waals surface area (Å²) in [7, 11) is 0. The number of allylic oxidation sites excluding steroid dienone is 4. The van der Waals surface area contributed by atoms with E-state index in [-0.39, 0.29) is 11.7 Å². The van der Waals surface area contributed by atoms with Crippen molar-refractivity contribution in [3.63, 3.8) is 0 Å². The second-order valence-electron chi connectivity index (χ2n) is 7.80. The number of ether oxygens (including phenoxy) is 1. The molecule has 0 spiro atoms. The second-order valence-corrected chi connectivity index (χ2v) is 7.80. The van der Waals surface area contributed by atoms with E-state index >= 15 is 0 Å². The van der Waals surface area contributed by atoms with Crippen LogP contribution in [-0.2, 0) is 11.3 Å². The summed E-state index contributed by atoms with van der Waals surface area (Å²) in [5.74, 6) is 1.34. The summed E-state index contributed by atoms with van der Waals surface area (Å²) in [5, 5.41) is 0. The number of carbonyl (C=O) groups is 1. The summed E-state index contributed by atoms with van der Waals surface area (Å²) >= 11 is 0. The third-order valence-corrected chi connectivity index (χ3v) is 3.86. The number of nitrogen functional groups attached to an aromatic ring is 1. The van der Waals surface area contributed by atoms with E-state index in [0.717, 1.165) is 17.8 Å². The summed E-state index contributed by atoms with van der Waals surface area (Å²) in [5.41, 5.74) is 7.00. The molecule has 0 aliphatic heterocycles. The Morgan fingerprint density at radius 2 is 2.12 bits per heavy atom. The van der Waals surface area contributed by atoms with Gasteiger partial charge in [-0.25, -0.2) is 9.78 Å². The lowest BCUT2D eigenvalue weighted by Gasteiger charge is -2.21. The second kappa shape index (κ2) is 6.83. The molecule has 5 heteroatoms. The first-order valence-corrected chi connectivity index (χ1v) is 8.55. The smallest absolute Gasteiger partial charge is 0.359 e. The molecule has 1 aromatic heterocycles. The van der Waals surface area contributed by atoms with Crippen LogP contribution in [0.15, 0.2) is 23.8 Å². The highest BCUT2D eigenvalue weighted by molar-refractivity contribution is 5.93. The van der Waals surface area contributed by atoms with Crippen LogP contribution in [-0.4, -0.2) is 21.1 Å². The molecule has 1 aromatic rings. The van der Waals surface area contributed by atoms with E-state index in [1.54, 1.807) is 0 Å². The van der Waals surface area contributed by atoms with Gasteiger partial charge in [0.2, 0.25) is 0 Å². The maximum absolute atomic E-state index is 12.6. The van der Waals surface area contributed by atoms with Gasteiger partial charge >= 0.3 is 5.97 Å². The lowest BCUT2D eigenvalue weighted by atomic mass is 9.98. The molecule has 0 aromatic carbocycles. The van der Waals surface area contributed by atoms with Gasteiger partial charge in [0, 0.05) is 12.5 Å². The normalized spacial score (nSPS) is 18.0. The van der Waals surface area contributed by atoms with Crippen LogP contribution < -0.4 is 5.73 Å². The Morgan fingerprint density at radius 3 is 2.62 bits per heavy atom. The van der Waals surface area contributed by atoms with Gasteiger partial charge in [0.05, 0.1) is 0 Å². The van der Waals surface area contributed by atoms with Crippen molar-refractivity contribution < 1.29 is 9.53 Å². The molecule has 2 N–H and O–H groups in total. The van der Waals surface area contributed by atoms with E-state index < -0.39 is 11.6 Å². The van der Waals surface area contributed by atoms with Crippen LogP contribution in [0, 0.1) is 5.92 Å². The van der Waals surface area contributed by atoms with Gasteiger partial charge in [-0.3, -0.25) is 0 Å². The van der Waals surface area contributed by atoms with E-state index in [1.165, 1.54) is 0 Å². The Hall–Kier alpha value is -2.04. The van der Waals surface area contributed by atoms with Gasteiger partial charge in [-0.05, 0) is 38.7 Å². The Kier molecular flexibility index (Phi) is 5.21. The number of nitrogens with zero attached hydrogens (tertiary/aromatic N) is 2. The first-order valence-electron chi connectivity index (χ1n) is 8.55. The average Bonchev–Trinajstić information content (AvgIpc) is 2.76. The average molecular weight is 331 g/mol. The molecule has 0 saturated heterocycles. The molecule has 1 heterocycles. The van der Waals surface area contributed by atoms with Crippen molar-refractivity contribution in [1.82, 2.24) is 9.55 Å². The van der Waals surface area contributed by atoms with Gasteiger partial charge in [-0.2, -0.15) is 0 Å². The SMILES string of the molecule is CC1C=CC(Cn2c(C(C)C)nc(N)c2C(=O)OC(C)(C)C)=CC1. The zero-order valence-electron chi connectivity index (χ0n) is 15.6. The Morgan fingerprint density at radius 1 is 1.46 bits per heavy atom. The fourth-order valence-electron chi connectivity index (χ4n) is 2.70. The summed E-state index contributed by atoms with van der Waals surface area (Å²) in [6.07, 6.45) is 7.53. The van der Waals surface area contributed by atoms with Crippen LogP contribution in [0.4, 0.5) is 5.82 Å². The molecule has 0 amide bonds. The Bertz CT molecular complexity index is 676. The van der Waals surface area contributed by atoms with Gasteiger partial charge in [0.15, 0.2) is 11.5 Å². The van der Waals surface area contributed by atoms with Crippen LogP contribution in [0.3, 0.4) is 0 Å². The van der Waals surface area contributed by atoms with Crippen LogP contribution in [0.2, 0.25) is 0 Å². The highest BCUT2D eigenvalue weighted by Crippen LogP contribution is 2.26. The number of rotatable bonds is 4. The quantitative estimate of drug-likeness (QED) is 0.844. The third-order valence-electron chi connectivity index (χ3n) is 3.86. The maximum atomic E-state index is 12.6. The topological polar surface area (TPSA) is 70.1 Å². The van der Waals surface area contributed by atoms with Crippen molar-refractivity contribution in [1.29, 1.82) is 0 Å². The number of nitrogens with two attached hydrogens (primary N) is 1. The van der Waals surface area contributed by atoms with Crippen LogP contribution >= 0.6 is 0 Å². The fraction of sp³-hybridized carbons (Fsp3) is 0.579. The number of imidazole rings is 1. The minimum atomic E-state index is -0.573. The van der Waals surface area contributed by atoms with Crippen molar-refractivity contribution >= 4 is 11.8 Å². The minimum absolute atomic E-state index is 0.163. The zero-order valence-corrected chi connectivity index (χ0v) is 15.6. The molecule has 0 fully saturated rings. The zero-order chi connectivity index (χ0) is 18.1. The van der Waals surface area contributed by atoms with Gasteiger partial charge in [0.25, 0.3) is 0 Å². The molecule has 0 radical (unpaired) electrons. The van der Waals surface area contributed by atoms with Crippen molar-refractivity contribution in [3.05, 3.63) is 35.3 Å². The van der Waals surface area contributed by atoms with Crippen LogP contribution in [0.1, 0.15) is 70.2 Å². The molecule has 0 bridgehead atoms. The number of carbonyl (C=O) groups excluding carboxylic acids is 1. The largest absolute Gasteiger partial charge is 0.455 e. The monoisotopic (exact) mass is 331 g/mol. The third kappa shape index (κ3) is 4.28. The number of hydrogen-bond donors (Lipinski definition) is 1. The summed E-state index contributed by atoms with van der Waals surface area (Å²) in [4.78, 5) is 17.1. The molecule has 1 atom stereocenters. The Labute approximate surface area is 144 Å². The molecule has 2 rings (SSSR count). The van der Waals surface area contributed by atoms with Gasteiger partial charge in [-0.15, -0.1) is 0 Å². The van der Waals surface area contributed by atoms with Crippen molar-refractivity contribution in [3.8, 4) is 0 Å². The highest BCUT2D eigenvalue weighted by atomic mass is 16.6. The van der Waals surface area contributed by atoms with Gasteiger partial charge in [-0.1, -0.05) is 39.0 Å². The number of esters is 1. The Balaban J connectivity index is 2.40. The summed E-state index contributed by atoms with van der Waals surface area (Å²) in [6, 6.07) is 0. The number of anilines is 1. The molecule has 1 aliphatic carbocycles. The first-order chi connectivity index (χ1) is 11.1. The first kappa shape index (κ1) is 18.3. The van der Waals surface area contributed by atoms with Crippen molar-refractivity contribution in [2.75, 3.05) is 5.73 Å². The highest BCUT2D eigenvalue weighted by Gasteiger charge is 2.27. The summed E-state index contributed by atoms with van der Waals surface area (Å²) < 4.78 is 7.43. The molecule has 1 unspecified atom stereocenters. The molecule has 5 nitrogen and oxygen atoms in total. The minimum Gasteiger partial charge on any atom is -0.455 e. The van der Waals surface area contributed by atoms with E-state index in [4.69, 9.17) is 10.5 Å². The predicted octanol–water partition coefficient (Wildman–Crippen LogP) is 4.07.